The zero-order valence-corrected chi connectivity index (χ0v) is 11.4. The molecule has 2 aromatic rings. The number of nitrogens with zero attached hydrogens (tertiary/aromatic N) is 3. The van der Waals surface area contributed by atoms with E-state index in [1.807, 2.05) is 6.92 Å². The summed E-state index contributed by atoms with van der Waals surface area (Å²) < 4.78 is 15.8. The van der Waals surface area contributed by atoms with Gasteiger partial charge in [0.2, 0.25) is 0 Å². The maximum absolute atomic E-state index is 13.2. The van der Waals surface area contributed by atoms with Gasteiger partial charge in [-0.05, 0) is 34.5 Å². The molecule has 3 N–H and O–H groups in total. The fraction of sp³-hybridized carbons (Fsp3) is 0.273. The highest BCUT2D eigenvalue weighted by Crippen LogP contribution is 2.27. The Morgan fingerprint density at radius 2 is 2.28 bits per heavy atom. The number of nitrogens with two attached hydrogens (primary N) is 1. The van der Waals surface area contributed by atoms with Gasteiger partial charge >= 0.3 is 0 Å². The number of hydrogen-bond acceptors (Lipinski definition) is 4. The average Bonchev–Trinajstić information content (AvgIpc) is 2.72. The molecule has 0 radical (unpaired) electrons. The first-order valence-electron chi connectivity index (χ1n) is 5.45. The molecule has 5 nitrogen and oxygen atoms in total. The van der Waals surface area contributed by atoms with Crippen molar-refractivity contribution in [3.8, 4) is 0 Å². The minimum absolute atomic E-state index is 0.370. The molecular formula is C11H13BrFN5. The summed E-state index contributed by atoms with van der Waals surface area (Å²) in [5.41, 5.74) is 4.15. The predicted molar refractivity (Wildman–Crippen MR) is 69.0 cm³/mol. The SMILES string of the molecule is CCn1ncc(Br)c1C(NN)c1cncc(F)c1. The molecule has 0 saturated heterocycles. The molecule has 0 saturated carbocycles. The third-order valence-electron chi connectivity index (χ3n) is 2.63. The van der Waals surface area contributed by atoms with Crippen LogP contribution in [0.2, 0.25) is 0 Å². The molecule has 0 aromatic carbocycles. The summed E-state index contributed by atoms with van der Waals surface area (Å²) in [6.07, 6.45) is 4.42. The first-order valence-corrected chi connectivity index (χ1v) is 6.24. The zero-order chi connectivity index (χ0) is 13.1. The lowest BCUT2D eigenvalue weighted by molar-refractivity contribution is 0.536. The van der Waals surface area contributed by atoms with Crippen LogP contribution in [-0.2, 0) is 6.54 Å². The monoisotopic (exact) mass is 313 g/mol. The highest BCUT2D eigenvalue weighted by Gasteiger charge is 2.21. The van der Waals surface area contributed by atoms with E-state index in [0.29, 0.717) is 12.1 Å². The Hall–Kier alpha value is -1.31. The maximum atomic E-state index is 13.2. The molecule has 96 valence electrons. The van der Waals surface area contributed by atoms with Crippen LogP contribution in [0.15, 0.2) is 29.1 Å². The number of pyridine rings is 1. The lowest BCUT2D eigenvalue weighted by Gasteiger charge is -2.18. The number of aromatic nitrogens is 3. The summed E-state index contributed by atoms with van der Waals surface area (Å²) in [6.45, 7) is 2.67. The van der Waals surface area contributed by atoms with E-state index in [9.17, 15) is 4.39 Å². The van der Waals surface area contributed by atoms with Crippen LogP contribution in [0.5, 0.6) is 0 Å². The van der Waals surface area contributed by atoms with E-state index in [2.05, 4.69) is 31.4 Å². The summed E-state index contributed by atoms with van der Waals surface area (Å²) in [7, 11) is 0. The Bertz CT molecular complexity index is 542. The van der Waals surface area contributed by atoms with Crippen molar-refractivity contribution in [2.75, 3.05) is 0 Å². The first kappa shape index (κ1) is 13.1. The highest BCUT2D eigenvalue weighted by atomic mass is 79.9. The standard InChI is InChI=1S/C11H13BrFN5/c1-2-18-11(9(12)6-16-18)10(17-14)7-3-8(13)5-15-4-7/h3-6,10,17H,2,14H2,1H3. The van der Waals surface area contributed by atoms with Gasteiger partial charge in [0.25, 0.3) is 0 Å². The van der Waals surface area contributed by atoms with Crippen LogP contribution in [0, 0.1) is 5.82 Å². The molecule has 0 aliphatic carbocycles. The quantitative estimate of drug-likeness (QED) is 0.666. The van der Waals surface area contributed by atoms with Crippen molar-refractivity contribution in [3.63, 3.8) is 0 Å². The van der Waals surface area contributed by atoms with Gasteiger partial charge in [0.15, 0.2) is 0 Å². The van der Waals surface area contributed by atoms with Crippen LogP contribution >= 0.6 is 15.9 Å². The summed E-state index contributed by atoms with van der Waals surface area (Å²) in [5.74, 6) is 5.18. The molecule has 0 aliphatic heterocycles. The second-order valence-corrected chi connectivity index (χ2v) is 4.58. The van der Waals surface area contributed by atoms with Gasteiger partial charge in [-0.1, -0.05) is 0 Å². The smallest absolute Gasteiger partial charge is 0.141 e. The Kier molecular flexibility index (Phi) is 4.05. The maximum Gasteiger partial charge on any atom is 0.141 e. The van der Waals surface area contributed by atoms with Gasteiger partial charge in [-0.2, -0.15) is 5.10 Å². The number of halogens is 2. The fourth-order valence-electron chi connectivity index (χ4n) is 1.83. The number of hydrazine groups is 1. The molecule has 0 bridgehead atoms. The number of rotatable bonds is 4. The van der Waals surface area contributed by atoms with E-state index in [-0.39, 0.29) is 6.04 Å². The summed E-state index contributed by atoms with van der Waals surface area (Å²) in [6, 6.07) is 1.03. The molecule has 18 heavy (non-hydrogen) atoms. The Labute approximate surface area is 112 Å². The molecular weight excluding hydrogens is 301 g/mol. The molecule has 0 amide bonds. The number of hydrogen-bond donors (Lipinski definition) is 2. The van der Waals surface area contributed by atoms with Gasteiger partial charge in [-0.25, -0.2) is 9.82 Å². The molecule has 0 aliphatic rings. The largest absolute Gasteiger partial charge is 0.271 e. The molecule has 1 unspecified atom stereocenters. The topological polar surface area (TPSA) is 68.8 Å². The van der Waals surface area contributed by atoms with Crippen LogP contribution in [0.1, 0.15) is 24.2 Å². The molecule has 2 rings (SSSR count). The van der Waals surface area contributed by atoms with Gasteiger partial charge in [0.05, 0.1) is 28.6 Å². The van der Waals surface area contributed by atoms with Crippen LogP contribution in [0.4, 0.5) is 4.39 Å². The normalized spacial score (nSPS) is 12.7. The Morgan fingerprint density at radius 1 is 1.50 bits per heavy atom. The van der Waals surface area contributed by atoms with E-state index >= 15 is 0 Å². The van der Waals surface area contributed by atoms with Crippen molar-refractivity contribution < 1.29 is 4.39 Å². The van der Waals surface area contributed by atoms with E-state index in [1.54, 1.807) is 17.1 Å². The Balaban J connectivity index is 2.48. The lowest BCUT2D eigenvalue weighted by atomic mass is 10.1. The predicted octanol–water partition coefficient (Wildman–Crippen LogP) is 1.75. The molecule has 2 aromatic heterocycles. The zero-order valence-electron chi connectivity index (χ0n) is 9.77. The number of nitrogens with one attached hydrogen (secondary N) is 1. The summed E-state index contributed by atoms with van der Waals surface area (Å²) in [5, 5.41) is 4.21. The van der Waals surface area contributed by atoms with Crippen molar-refractivity contribution >= 4 is 15.9 Å². The van der Waals surface area contributed by atoms with Gasteiger partial charge in [-0.3, -0.25) is 15.5 Å². The van der Waals surface area contributed by atoms with Crippen molar-refractivity contribution in [2.45, 2.75) is 19.5 Å². The van der Waals surface area contributed by atoms with Crippen molar-refractivity contribution in [2.24, 2.45) is 5.84 Å². The summed E-state index contributed by atoms with van der Waals surface area (Å²) in [4.78, 5) is 3.83. The first-order chi connectivity index (χ1) is 8.67. The van der Waals surface area contributed by atoms with Crippen LogP contribution in [0.3, 0.4) is 0 Å². The van der Waals surface area contributed by atoms with Crippen molar-refractivity contribution in [1.29, 1.82) is 0 Å². The van der Waals surface area contributed by atoms with E-state index in [0.717, 1.165) is 16.4 Å². The van der Waals surface area contributed by atoms with Gasteiger partial charge in [-0.15, -0.1) is 0 Å². The van der Waals surface area contributed by atoms with E-state index in [4.69, 9.17) is 5.84 Å². The van der Waals surface area contributed by atoms with Crippen molar-refractivity contribution in [3.05, 3.63) is 46.2 Å². The number of aryl methyl sites for hydroxylation is 1. The van der Waals surface area contributed by atoms with Crippen LogP contribution < -0.4 is 11.3 Å². The third kappa shape index (κ3) is 2.43. The minimum Gasteiger partial charge on any atom is -0.271 e. The highest BCUT2D eigenvalue weighted by molar-refractivity contribution is 9.10. The van der Waals surface area contributed by atoms with E-state index in [1.165, 1.54) is 6.07 Å². The molecule has 0 fully saturated rings. The van der Waals surface area contributed by atoms with Crippen LogP contribution in [0.25, 0.3) is 0 Å². The van der Waals surface area contributed by atoms with Crippen molar-refractivity contribution in [1.82, 2.24) is 20.2 Å². The third-order valence-corrected chi connectivity index (χ3v) is 3.24. The molecule has 0 spiro atoms. The van der Waals surface area contributed by atoms with Gasteiger partial charge < -0.3 is 0 Å². The average molecular weight is 314 g/mol. The summed E-state index contributed by atoms with van der Waals surface area (Å²) >= 11 is 3.42. The van der Waals surface area contributed by atoms with Gasteiger partial charge in [0, 0.05) is 12.7 Å². The molecule has 2 heterocycles. The Morgan fingerprint density at radius 3 is 2.89 bits per heavy atom. The van der Waals surface area contributed by atoms with Gasteiger partial charge in [0.1, 0.15) is 5.82 Å². The fourth-order valence-corrected chi connectivity index (χ4v) is 2.36. The molecule has 1 atom stereocenters. The molecule has 7 heteroatoms. The second-order valence-electron chi connectivity index (χ2n) is 3.73. The van der Waals surface area contributed by atoms with E-state index < -0.39 is 5.82 Å². The second kappa shape index (κ2) is 5.55. The minimum atomic E-state index is -0.397. The lowest BCUT2D eigenvalue weighted by Crippen LogP contribution is -2.31. The van der Waals surface area contributed by atoms with Crippen LogP contribution in [-0.4, -0.2) is 14.8 Å².